The predicted molar refractivity (Wildman–Crippen MR) is 124 cm³/mol. The van der Waals surface area contributed by atoms with Gasteiger partial charge in [-0.3, -0.25) is 0 Å². The maximum absolute atomic E-state index is 13.5. The molecule has 1 amide bonds. The number of ether oxygens (including phenoxy) is 1. The highest BCUT2D eigenvalue weighted by molar-refractivity contribution is 5.98. The number of carbonyl (C=O) groups excluding carboxylic acids is 1. The second-order valence-corrected chi connectivity index (χ2v) is 10.9. The number of nitrogens with two attached hydrogens (primary N) is 1. The number of amides is 1. The molecule has 3 aliphatic rings. The molecule has 3 atom stereocenters. The smallest absolute Gasteiger partial charge is 0.406 e. The van der Waals surface area contributed by atoms with Gasteiger partial charge in [0, 0.05) is 12.5 Å². The summed E-state index contributed by atoms with van der Waals surface area (Å²) in [5, 5.41) is 0. The molecule has 6 nitrogen and oxygen atoms in total. The zero-order chi connectivity index (χ0) is 24.7. The first kappa shape index (κ1) is 25.0. The summed E-state index contributed by atoms with van der Waals surface area (Å²) in [5.74, 6) is 1.55. The molecule has 2 saturated heterocycles. The van der Waals surface area contributed by atoms with Crippen molar-refractivity contribution < 1.29 is 27.2 Å². The van der Waals surface area contributed by atoms with Gasteiger partial charge in [0.15, 0.2) is 11.4 Å². The van der Waals surface area contributed by atoms with Crippen LogP contribution in [0, 0.1) is 11.8 Å². The third kappa shape index (κ3) is 5.40. The van der Waals surface area contributed by atoms with E-state index in [9.17, 15) is 18.0 Å². The van der Waals surface area contributed by atoms with Crippen LogP contribution < -0.4 is 10.5 Å². The summed E-state index contributed by atoms with van der Waals surface area (Å²) in [6.45, 7) is 10.6. The lowest BCUT2D eigenvalue weighted by Gasteiger charge is -2.37. The van der Waals surface area contributed by atoms with Crippen molar-refractivity contribution in [2.24, 2.45) is 22.6 Å². The number of nitrogens with zero attached hydrogens (tertiary/aromatic N) is 3. The molecule has 0 spiro atoms. The lowest BCUT2D eigenvalue weighted by molar-refractivity contribution is -0.736. The molecule has 0 saturated carbocycles. The molecule has 188 valence electrons. The van der Waals surface area contributed by atoms with Crippen molar-refractivity contribution in [3.8, 4) is 5.75 Å². The number of fused-ring (bicyclic) bond motifs is 1. The minimum atomic E-state index is -4.67. The molecule has 34 heavy (non-hydrogen) atoms. The lowest BCUT2D eigenvalue weighted by Crippen LogP contribution is -2.57. The normalized spacial score (nSPS) is 30.3. The number of benzene rings is 1. The average molecular weight is 482 g/mol. The van der Waals surface area contributed by atoms with Crippen molar-refractivity contribution in [2.75, 3.05) is 32.7 Å². The highest BCUT2D eigenvalue weighted by Crippen LogP contribution is 2.44. The number of quaternary nitrogens is 1. The van der Waals surface area contributed by atoms with Crippen molar-refractivity contribution >= 4 is 11.7 Å². The van der Waals surface area contributed by atoms with Gasteiger partial charge in [0.25, 0.3) is 0 Å². The fraction of sp³-hybridized carbons (Fsp3) is 0.680. The minimum Gasteiger partial charge on any atom is -0.406 e. The van der Waals surface area contributed by atoms with Crippen molar-refractivity contribution in [1.82, 2.24) is 4.90 Å². The van der Waals surface area contributed by atoms with Gasteiger partial charge < -0.3 is 15.4 Å². The Labute approximate surface area is 199 Å². The Kier molecular flexibility index (Phi) is 6.72. The van der Waals surface area contributed by atoms with Crippen LogP contribution in [0.3, 0.4) is 0 Å². The van der Waals surface area contributed by atoms with Crippen molar-refractivity contribution in [2.45, 2.75) is 64.4 Å². The van der Waals surface area contributed by atoms with Crippen LogP contribution in [-0.2, 0) is 11.2 Å². The highest BCUT2D eigenvalue weighted by Gasteiger charge is 2.70. The van der Waals surface area contributed by atoms with Crippen LogP contribution in [0.1, 0.15) is 45.6 Å². The number of hydrogen-bond acceptors (Lipinski definition) is 5. The second-order valence-electron chi connectivity index (χ2n) is 10.9. The Morgan fingerprint density at radius 2 is 1.88 bits per heavy atom. The van der Waals surface area contributed by atoms with Gasteiger partial charge in [0.05, 0.1) is 6.54 Å². The van der Waals surface area contributed by atoms with E-state index in [4.69, 9.17) is 5.73 Å². The molecule has 2 fully saturated rings. The molecule has 9 heteroatoms. The second kappa shape index (κ2) is 9.15. The number of alkyl halides is 3. The first-order chi connectivity index (χ1) is 15.9. The lowest BCUT2D eigenvalue weighted by atomic mass is 9.87. The number of rotatable bonds is 8. The molecular formula is C25H36F3N4O2+. The van der Waals surface area contributed by atoms with Gasteiger partial charge in [-0.2, -0.15) is 0 Å². The predicted octanol–water partition coefficient (Wildman–Crippen LogP) is 3.74. The third-order valence-corrected chi connectivity index (χ3v) is 7.51. The molecule has 3 unspecified atom stereocenters. The van der Waals surface area contributed by atoms with E-state index >= 15 is 0 Å². The van der Waals surface area contributed by atoms with Crippen LogP contribution in [-0.4, -0.2) is 71.8 Å². The zero-order valence-corrected chi connectivity index (χ0v) is 20.3. The maximum atomic E-state index is 13.5. The summed E-state index contributed by atoms with van der Waals surface area (Å²) in [4.78, 5) is 20.6. The molecule has 0 aromatic heterocycles. The van der Waals surface area contributed by atoms with Gasteiger partial charge in [-0.05, 0) is 69.3 Å². The molecule has 0 aliphatic carbocycles. The van der Waals surface area contributed by atoms with Gasteiger partial charge in [-0.1, -0.05) is 26.0 Å². The van der Waals surface area contributed by atoms with E-state index in [1.807, 2.05) is 6.92 Å². The fourth-order valence-electron chi connectivity index (χ4n) is 5.93. The number of piperidine rings is 1. The minimum absolute atomic E-state index is 0.0649. The number of likely N-dealkylation sites (tertiary alicyclic amines) is 1. The van der Waals surface area contributed by atoms with Gasteiger partial charge in [-0.15, -0.1) is 13.2 Å². The number of halogens is 3. The molecule has 1 aromatic carbocycles. The van der Waals surface area contributed by atoms with E-state index in [2.05, 4.69) is 28.5 Å². The Bertz CT molecular complexity index is 925. The quantitative estimate of drug-likeness (QED) is 0.454. The number of aliphatic imine (C=N–C) groups is 1. The van der Waals surface area contributed by atoms with E-state index in [1.54, 1.807) is 12.1 Å². The summed E-state index contributed by atoms with van der Waals surface area (Å²) < 4.78 is 41.3. The molecule has 4 rings (SSSR count). The van der Waals surface area contributed by atoms with E-state index in [0.29, 0.717) is 22.2 Å². The van der Waals surface area contributed by atoms with Gasteiger partial charge in [0.1, 0.15) is 12.3 Å². The van der Waals surface area contributed by atoms with E-state index in [0.717, 1.165) is 64.0 Å². The standard InChI is InChI=1S/C25H36F3N4O2/c1-17(2)14-24(3)23(33)32(16-21(32)22(29)30-24)15-19-9-12-31(13-10-19)11-8-18-4-6-20(7-5-18)34-25(26,27)28/h4-7,17,19,21H,8-16H2,1-3H3,(H2,29,30)/q+1. The molecule has 3 heterocycles. The summed E-state index contributed by atoms with van der Waals surface area (Å²) in [6.07, 6.45) is -1.09. The molecule has 0 bridgehead atoms. The highest BCUT2D eigenvalue weighted by atomic mass is 19.4. The first-order valence-electron chi connectivity index (χ1n) is 12.2. The van der Waals surface area contributed by atoms with Crippen LogP contribution in [0.5, 0.6) is 5.75 Å². The van der Waals surface area contributed by atoms with Gasteiger partial charge in [-0.25, -0.2) is 14.3 Å². The molecule has 2 N–H and O–H groups in total. The van der Waals surface area contributed by atoms with Crippen molar-refractivity contribution in [3.05, 3.63) is 29.8 Å². The molecule has 3 aliphatic heterocycles. The largest absolute Gasteiger partial charge is 0.573 e. The van der Waals surface area contributed by atoms with Crippen LogP contribution >= 0.6 is 0 Å². The summed E-state index contributed by atoms with van der Waals surface area (Å²) in [6, 6.07) is 6.16. The molecule has 0 radical (unpaired) electrons. The average Bonchev–Trinajstić information content (AvgIpc) is 3.47. The fourth-order valence-corrected chi connectivity index (χ4v) is 5.93. The van der Waals surface area contributed by atoms with Crippen LogP contribution in [0.25, 0.3) is 0 Å². The number of amidine groups is 1. The van der Waals surface area contributed by atoms with Gasteiger partial charge in [0.2, 0.25) is 6.04 Å². The van der Waals surface area contributed by atoms with Gasteiger partial charge >= 0.3 is 12.3 Å². The van der Waals surface area contributed by atoms with Crippen molar-refractivity contribution in [1.29, 1.82) is 0 Å². The monoisotopic (exact) mass is 481 g/mol. The Hall–Kier alpha value is -2.13. The first-order valence-corrected chi connectivity index (χ1v) is 12.2. The summed E-state index contributed by atoms with van der Waals surface area (Å²) >= 11 is 0. The van der Waals surface area contributed by atoms with E-state index in [-0.39, 0.29) is 17.7 Å². The SMILES string of the molecule is CC(C)CC1(C)N=C(N)C2C[N+]2(CC2CCN(CCc3ccc(OC(F)(F)F)cc3)CC2)C1=O. The molecular weight excluding hydrogens is 445 g/mol. The Morgan fingerprint density at radius 1 is 1.24 bits per heavy atom. The zero-order valence-electron chi connectivity index (χ0n) is 20.3. The number of hydrogen-bond donors (Lipinski definition) is 1. The summed E-state index contributed by atoms with van der Waals surface area (Å²) in [7, 11) is 0. The maximum Gasteiger partial charge on any atom is 0.573 e. The summed E-state index contributed by atoms with van der Waals surface area (Å²) in [5.41, 5.74) is 6.56. The molecule has 1 aromatic rings. The van der Waals surface area contributed by atoms with Crippen molar-refractivity contribution in [3.63, 3.8) is 0 Å². The number of carbonyl (C=O) groups is 1. The van der Waals surface area contributed by atoms with Crippen LogP contribution in [0.15, 0.2) is 29.3 Å². The van der Waals surface area contributed by atoms with E-state index < -0.39 is 11.9 Å². The Morgan fingerprint density at radius 3 is 2.47 bits per heavy atom. The van der Waals surface area contributed by atoms with Crippen LogP contribution in [0.4, 0.5) is 13.2 Å². The topological polar surface area (TPSA) is 67.9 Å². The third-order valence-electron chi connectivity index (χ3n) is 7.51. The van der Waals surface area contributed by atoms with Crippen LogP contribution in [0.2, 0.25) is 0 Å². The van der Waals surface area contributed by atoms with E-state index in [1.165, 1.54) is 12.1 Å². The Balaban J connectivity index is 1.26.